The molecule has 0 radical (unpaired) electrons. The largest absolute Gasteiger partial charge is 0.253 e. The third-order valence-corrected chi connectivity index (χ3v) is 0.928. The molecule has 0 N–H and O–H groups in total. The standard InChI is InChI=1S/C4H4FN5/c5-1-2-10-4(3-6)7-8-9-10/h1-2H2. The topological polar surface area (TPSA) is 67.4 Å². The number of rotatable bonds is 2. The molecule has 0 atom stereocenters. The first-order chi connectivity index (χ1) is 4.88. The molecular weight excluding hydrogens is 137 g/mol. The molecule has 0 saturated heterocycles. The highest BCUT2D eigenvalue weighted by atomic mass is 19.1. The van der Waals surface area contributed by atoms with E-state index in [1.54, 1.807) is 6.07 Å². The van der Waals surface area contributed by atoms with E-state index in [1.807, 2.05) is 0 Å². The summed E-state index contributed by atoms with van der Waals surface area (Å²) in [5.74, 6) is 0.0395. The lowest BCUT2D eigenvalue weighted by molar-refractivity contribution is 0.420. The maximum Gasteiger partial charge on any atom is 0.253 e. The van der Waals surface area contributed by atoms with Gasteiger partial charge in [-0.1, -0.05) is 5.10 Å². The average molecular weight is 141 g/mol. The first-order valence-corrected chi connectivity index (χ1v) is 2.60. The molecule has 5 nitrogen and oxygen atoms in total. The van der Waals surface area contributed by atoms with Crippen molar-refractivity contribution in [3.8, 4) is 6.07 Å². The number of nitrogens with zero attached hydrogens (tertiary/aromatic N) is 5. The molecule has 1 aromatic heterocycles. The number of hydrogen-bond donors (Lipinski definition) is 0. The Balaban J connectivity index is 2.82. The van der Waals surface area contributed by atoms with Gasteiger partial charge in [0.15, 0.2) is 0 Å². The number of aromatic nitrogens is 4. The highest BCUT2D eigenvalue weighted by Crippen LogP contribution is 1.87. The quantitative estimate of drug-likeness (QED) is 0.557. The molecule has 1 aromatic rings. The van der Waals surface area contributed by atoms with E-state index in [1.165, 1.54) is 0 Å². The summed E-state index contributed by atoms with van der Waals surface area (Å²) in [6.07, 6.45) is 0. The number of aryl methyl sites for hydroxylation is 1. The van der Waals surface area contributed by atoms with Gasteiger partial charge in [-0.2, -0.15) is 5.26 Å². The number of halogens is 1. The van der Waals surface area contributed by atoms with E-state index in [0.717, 1.165) is 4.68 Å². The highest BCUT2D eigenvalue weighted by Gasteiger charge is 2.01. The van der Waals surface area contributed by atoms with Crippen molar-refractivity contribution in [3.63, 3.8) is 0 Å². The van der Waals surface area contributed by atoms with Crippen molar-refractivity contribution in [2.75, 3.05) is 6.67 Å². The normalized spacial score (nSPS) is 9.20. The molecule has 0 aliphatic rings. The molecule has 0 aromatic carbocycles. The molecule has 52 valence electrons. The summed E-state index contributed by atoms with van der Waals surface area (Å²) < 4.78 is 12.8. The molecule has 10 heavy (non-hydrogen) atoms. The third-order valence-electron chi connectivity index (χ3n) is 0.928. The van der Waals surface area contributed by atoms with Gasteiger partial charge in [0.1, 0.15) is 12.7 Å². The Morgan fingerprint density at radius 2 is 2.50 bits per heavy atom. The number of hydrogen-bond acceptors (Lipinski definition) is 4. The Bertz CT molecular complexity index is 248. The average Bonchev–Trinajstić information content (AvgIpc) is 2.36. The minimum atomic E-state index is -0.570. The van der Waals surface area contributed by atoms with Crippen LogP contribution in [0.4, 0.5) is 4.39 Å². The van der Waals surface area contributed by atoms with E-state index in [9.17, 15) is 4.39 Å². The van der Waals surface area contributed by atoms with Crippen LogP contribution in [0.3, 0.4) is 0 Å². The summed E-state index contributed by atoms with van der Waals surface area (Å²) in [6.45, 7) is -0.532. The molecule has 0 bridgehead atoms. The molecule has 1 rings (SSSR count). The molecule has 0 aliphatic heterocycles. The van der Waals surface area contributed by atoms with Gasteiger partial charge in [-0.25, -0.2) is 9.07 Å². The van der Waals surface area contributed by atoms with Gasteiger partial charge in [-0.3, -0.25) is 0 Å². The fraction of sp³-hybridized carbons (Fsp3) is 0.500. The molecule has 0 aliphatic carbocycles. The van der Waals surface area contributed by atoms with E-state index < -0.39 is 6.67 Å². The zero-order chi connectivity index (χ0) is 7.40. The van der Waals surface area contributed by atoms with Crippen LogP contribution in [-0.4, -0.2) is 26.9 Å². The summed E-state index contributed by atoms with van der Waals surface area (Å²) in [5.41, 5.74) is 0. The monoisotopic (exact) mass is 141 g/mol. The van der Waals surface area contributed by atoms with Crippen LogP contribution < -0.4 is 0 Å². The van der Waals surface area contributed by atoms with Gasteiger partial charge in [0.05, 0.1) is 6.54 Å². The van der Waals surface area contributed by atoms with Gasteiger partial charge >= 0.3 is 0 Å². The number of nitriles is 1. The van der Waals surface area contributed by atoms with Gasteiger partial charge in [-0.05, 0) is 10.4 Å². The predicted molar refractivity (Wildman–Crippen MR) is 28.5 cm³/mol. The Labute approximate surface area is 56.1 Å². The van der Waals surface area contributed by atoms with Crippen LogP contribution in [0.15, 0.2) is 0 Å². The van der Waals surface area contributed by atoms with Crippen LogP contribution in [0.25, 0.3) is 0 Å². The Morgan fingerprint density at radius 1 is 1.70 bits per heavy atom. The van der Waals surface area contributed by atoms with Gasteiger partial charge in [0.25, 0.3) is 5.82 Å². The molecule has 0 unspecified atom stereocenters. The van der Waals surface area contributed by atoms with Crippen molar-refractivity contribution >= 4 is 0 Å². The SMILES string of the molecule is N#Cc1nnnn1CCF. The van der Waals surface area contributed by atoms with Gasteiger partial charge in [0, 0.05) is 0 Å². The van der Waals surface area contributed by atoms with Gasteiger partial charge < -0.3 is 0 Å². The summed E-state index contributed by atoms with van der Waals surface area (Å²) in [7, 11) is 0. The molecule has 1 heterocycles. The Kier molecular flexibility index (Phi) is 1.89. The third kappa shape index (κ3) is 1.07. The molecule has 0 saturated carbocycles. The van der Waals surface area contributed by atoms with E-state index in [2.05, 4.69) is 15.5 Å². The van der Waals surface area contributed by atoms with Crippen LogP contribution in [0.1, 0.15) is 5.82 Å². The highest BCUT2D eigenvalue weighted by molar-refractivity contribution is 5.05. The van der Waals surface area contributed by atoms with E-state index >= 15 is 0 Å². The van der Waals surface area contributed by atoms with Crippen molar-refractivity contribution in [2.24, 2.45) is 0 Å². The minimum Gasteiger partial charge on any atom is -0.249 e. The van der Waals surface area contributed by atoms with Crippen LogP contribution in [0.5, 0.6) is 0 Å². The summed E-state index contributed by atoms with van der Waals surface area (Å²) in [5, 5.41) is 18.2. The predicted octanol–water partition coefficient (Wildman–Crippen LogP) is -0.486. The fourth-order valence-electron chi connectivity index (χ4n) is 0.515. The lowest BCUT2D eigenvalue weighted by atomic mass is 10.6. The minimum absolute atomic E-state index is 0.0376. The van der Waals surface area contributed by atoms with E-state index in [-0.39, 0.29) is 12.4 Å². The molecule has 0 spiro atoms. The fourth-order valence-corrected chi connectivity index (χ4v) is 0.515. The molecule has 6 heteroatoms. The lowest BCUT2D eigenvalue weighted by Gasteiger charge is -1.90. The van der Waals surface area contributed by atoms with Crippen molar-refractivity contribution < 1.29 is 4.39 Å². The van der Waals surface area contributed by atoms with Crippen LogP contribution >= 0.6 is 0 Å². The molecule has 0 amide bonds. The molecular formula is C4H4FN5. The first kappa shape index (κ1) is 6.61. The second kappa shape index (κ2) is 2.87. The van der Waals surface area contributed by atoms with Crippen molar-refractivity contribution in [2.45, 2.75) is 6.54 Å². The van der Waals surface area contributed by atoms with E-state index in [0.29, 0.717) is 0 Å². The second-order valence-electron chi connectivity index (χ2n) is 1.53. The Hall–Kier alpha value is -1.51. The first-order valence-electron chi connectivity index (χ1n) is 2.60. The second-order valence-corrected chi connectivity index (χ2v) is 1.53. The van der Waals surface area contributed by atoms with Crippen LogP contribution in [-0.2, 0) is 6.54 Å². The maximum atomic E-state index is 11.6. The van der Waals surface area contributed by atoms with Gasteiger partial charge in [-0.15, -0.1) is 0 Å². The summed E-state index contributed by atoms with van der Waals surface area (Å²) >= 11 is 0. The van der Waals surface area contributed by atoms with Crippen molar-refractivity contribution in [3.05, 3.63) is 5.82 Å². The van der Waals surface area contributed by atoms with Crippen molar-refractivity contribution in [1.82, 2.24) is 20.2 Å². The van der Waals surface area contributed by atoms with Gasteiger partial charge in [0.2, 0.25) is 0 Å². The number of alkyl halides is 1. The lowest BCUT2D eigenvalue weighted by Crippen LogP contribution is -2.04. The van der Waals surface area contributed by atoms with E-state index in [4.69, 9.17) is 5.26 Å². The van der Waals surface area contributed by atoms with Crippen LogP contribution in [0, 0.1) is 11.3 Å². The zero-order valence-corrected chi connectivity index (χ0v) is 5.03. The summed E-state index contributed by atoms with van der Waals surface area (Å²) in [4.78, 5) is 0. The zero-order valence-electron chi connectivity index (χ0n) is 5.03. The number of tetrazole rings is 1. The smallest absolute Gasteiger partial charge is 0.249 e. The van der Waals surface area contributed by atoms with Crippen molar-refractivity contribution in [1.29, 1.82) is 5.26 Å². The molecule has 0 fully saturated rings. The van der Waals surface area contributed by atoms with Crippen LogP contribution in [0.2, 0.25) is 0 Å². The Morgan fingerprint density at radius 3 is 3.10 bits per heavy atom. The maximum absolute atomic E-state index is 11.6. The summed E-state index contributed by atoms with van der Waals surface area (Å²) in [6, 6.07) is 1.72.